The number of nitrogens with one attached hydrogen (secondary N) is 2. The molecule has 3 rings (SSSR count). The third-order valence-electron chi connectivity index (χ3n) is 4.71. The molecule has 144 valence electrons. The fraction of sp³-hybridized carbons (Fsp3) is 0.455. The molecule has 1 aromatic carbocycles. The molecule has 0 atom stereocenters. The van der Waals surface area contributed by atoms with Crippen LogP contribution in [-0.2, 0) is 0 Å². The van der Waals surface area contributed by atoms with E-state index in [2.05, 4.69) is 15.6 Å². The Morgan fingerprint density at radius 3 is 2.41 bits per heavy atom. The van der Waals surface area contributed by atoms with Crippen molar-refractivity contribution >= 4 is 17.3 Å². The molecule has 5 heteroatoms. The minimum Gasteiger partial charge on any atom is -0.491 e. The number of ether oxygens (including phenoxy) is 1. The SMILES string of the molecule is CC(C)Oc1ccc(NC(=O)c2cncc(NC3CCCCCC3)c2)cc1. The van der Waals surface area contributed by atoms with Crippen molar-refractivity contribution in [3.05, 3.63) is 48.3 Å². The summed E-state index contributed by atoms with van der Waals surface area (Å²) in [6, 6.07) is 9.76. The first-order valence-corrected chi connectivity index (χ1v) is 9.90. The second kappa shape index (κ2) is 9.40. The van der Waals surface area contributed by atoms with Crippen LogP contribution in [0.2, 0.25) is 0 Å². The molecule has 0 radical (unpaired) electrons. The van der Waals surface area contributed by atoms with Gasteiger partial charge >= 0.3 is 0 Å². The van der Waals surface area contributed by atoms with Crippen molar-refractivity contribution in [2.75, 3.05) is 10.6 Å². The molecule has 1 fully saturated rings. The number of pyridine rings is 1. The Morgan fingerprint density at radius 1 is 1.04 bits per heavy atom. The molecule has 0 bridgehead atoms. The number of hydrogen-bond acceptors (Lipinski definition) is 4. The van der Waals surface area contributed by atoms with Crippen LogP contribution in [0.15, 0.2) is 42.7 Å². The Hall–Kier alpha value is -2.56. The molecule has 1 saturated carbocycles. The summed E-state index contributed by atoms with van der Waals surface area (Å²) in [6.07, 6.45) is 11.1. The van der Waals surface area contributed by atoms with Crippen molar-refractivity contribution in [3.63, 3.8) is 0 Å². The van der Waals surface area contributed by atoms with Gasteiger partial charge in [0.25, 0.3) is 5.91 Å². The van der Waals surface area contributed by atoms with Crippen LogP contribution < -0.4 is 15.4 Å². The molecular weight excluding hydrogens is 338 g/mol. The fourth-order valence-corrected chi connectivity index (χ4v) is 3.39. The third kappa shape index (κ3) is 5.98. The van der Waals surface area contributed by atoms with Crippen LogP contribution in [0.1, 0.15) is 62.7 Å². The first-order chi connectivity index (χ1) is 13.1. The van der Waals surface area contributed by atoms with Crippen molar-refractivity contribution in [3.8, 4) is 5.75 Å². The standard InChI is InChI=1S/C22H29N3O2/c1-16(2)27-21-11-9-19(10-12-21)25-22(26)17-13-20(15-23-14-17)24-18-7-5-3-4-6-8-18/h9-16,18,24H,3-8H2,1-2H3,(H,25,26). The van der Waals surface area contributed by atoms with E-state index in [1.54, 1.807) is 12.4 Å². The van der Waals surface area contributed by atoms with Crippen LogP contribution >= 0.6 is 0 Å². The predicted octanol–water partition coefficient (Wildman–Crippen LogP) is 5.26. The number of benzene rings is 1. The molecule has 1 aromatic heterocycles. The van der Waals surface area contributed by atoms with Crippen LogP contribution in [-0.4, -0.2) is 23.0 Å². The van der Waals surface area contributed by atoms with Crippen LogP contribution in [0, 0.1) is 0 Å². The van der Waals surface area contributed by atoms with E-state index < -0.39 is 0 Å². The quantitative estimate of drug-likeness (QED) is 0.684. The van der Waals surface area contributed by atoms with E-state index in [1.807, 2.05) is 44.2 Å². The van der Waals surface area contributed by atoms with Crippen molar-refractivity contribution in [1.82, 2.24) is 4.98 Å². The minimum atomic E-state index is -0.162. The summed E-state index contributed by atoms with van der Waals surface area (Å²) in [7, 11) is 0. The number of amides is 1. The Labute approximate surface area is 161 Å². The predicted molar refractivity (Wildman–Crippen MR) is 110 cm³/mol. The molecule has 0 spiro atoms. The van der Waals surface area contributed by atoms with Gasteiger partial charge in [-0.25, -0.2) is 0 Å². The lowest BCUT2D eigenvalue weighted by atomic mass is 10.1. The van der Waals surface area contributed by atoms with Crippen LogP contribution in [0.5, 0.6) is 5.75 Å². The first-order valence-electron chi connectivity index (χ1n) is 9.90. The zero-order valence-electron chi connectivity index (χ0n) is 16.2. The summed E-state index contributed by atoms with van der Waals surface area (Å²) in [5.74, 6) is 0.629. The summed E-state index contributed by atoms with van der Waals surface area (Å²) >= 11 is 0. The molecule has 1 aliphatic carbocycles. The normalized spacial score (nSPS) is 15.2. The zero-order valence-corrected chi connectivity index (χ0v) is 16.2. The summed E-state index contributed by atoms with van der Waals surface area (Å²) in [5, 5.41) is 6.46. The maximum absolute atomic E-state index is 12.6. The molecule has 2 aromatic rings. The van der Waals surface area contributed by atoms with Gasteiger partial charge in [-0.15, -0.1) is 0 Å². The lowest BCUT2D eigenvalue weighted by Gasteiger charge is -2.17. The monoisotopic (exact) mass is 367 g/mol. The van der Waals surface area contributed by atoms with Crippen molar-refractivity contribution in [1.29, 1.82) is 0 Å². The molecule has 0 saturated heterocycles. The van der Waals surface area contributed by atoms with Gasteiger partial charge in [-0.05, 0) is 57.0 Å². The smallest absolute Gasteiger partial charge is 0.257 e. The fourth-order valence-electron chi connectivity index (χ4n) is 3.39. The van der Waals surface area contributed by atoms with E-state index in [-0.39, 0.29) is 12.0 Å². The number of nitrogens with zero attached hydrogens (tertiary/aromatic N) is 1. The maximum Gasteiger partial charge on any atom is 0.257 e. The van der Waals surface area contributed by atoms with Gasteiger partial charge in [-0.3, -0.25) is 9.78 Å². The second-order valence-electron chi connectivity index (χ2n) is 7.44. The van der Waals surface area contributed by atoms with Crippen LogP contribution in [0.4, 0.5) is 11.4 Å². The second-order valence-corrected chi connectivity index (χ2v) is 7.44. The molecule has 0 aliphatic heterocycles. The van der Waals surface area contributed by atoms with Crippen molar-refractivity contribution in [2.45, 2.75) is 64.5 Å². The Bertz CT molecular complexity index is 735. The average Bonchev–Trinajstić information content (AvgIpc) is 2.92. The molecule has 1 aliphatic rings. The van der Waals surface area contributed by atoms with Crippen LogP contribution in [0.25, 0.3) is 0 Å². The maximum atomic E-state index is 12.6. The molecule has 5 nitrogen and oxygen atoms in total. The summed E-state index contributed by atoms with van der Waals surface area (Å²) in [5.41, 5.74) is 2.20. The first kappa shape index (κ1) is 19.2. The van der Waals surface area contributed by atoms with Gasteiger partial charge in [0.1, 0.15) is 5.75 Å². The highest BCUT2D eigenvalue weighted by Crippen LogP contribution is 2.22. The van der Waals surface area contributed by atoms with Gasteiger partial charge in [-0.1, -0.05) is 25.7 Å². The Kier molecular flexibility index (Phi) is 6.69. The lowest BCUT2D eigenvalue weighted by Crippen LogP contribution is -2.19. The number of rotatable bonds is 6. The highest BCUT2D eigenvalue weighted by Gasteiger charge is 2.13. The molecule has 2 N–H and O–H groups in total. The molecular formula is C22H29N3O2. The van der Waals surface area contributed by atoms with Gasteiger partial charge in [-0.2, -0.15) is 0 Å². The number of carbonyl (C=O) groups excluding carboxylic acids is 1. The van der Waals surface area contributed by atoms with E-state index in [0.29, 0.717) is 11.6 Å². The summed E-state index contributed by atoms with van der Waals surface area (Å²) in [4.78, 5) is 16.8. The average molecular weight is 367 g/mol. The van der Waals surface area contributed by atoms with E-state index in [1.165, 1.54) is 38.5 Å². The largest absolute Gasteiger partial charge is 0.491 e. The number of anilines is 2. The lowest BCUT2D eigenvalue weighted by molar-refractivity contribution is 0.102. The molecule has 1 heterocycles. The van der Waals surface area contributed by atoms with Gasteiger partial charge in [0.2, 0.25) is 0 Å². The third-order valence-corrected chi connectivity index (χ3v) is 4.71. The Morgan fingerprint density at radius 2 is 1.74 bits per heavy atom. The van der Waals surface area contributed by atoms with E-state index >= 15 is 0 Å². The van der Waals surface area contributed by atoms with Gasteiger partial charge in [0.15, 0.2) is 0 Å². The number of carbonyl (C=O) groups is 1. The van der Waals surface area contributed by atoms with Crippen molar-refractivity contribution < 1.29 is 9.53 Å². The van der Waals surface area contributed by atoms with Gasteiger partial charge in [0, 0.05) is 24.1 Å². The number of aromatic nitrogens is 1. The number of hydrogen-bond donors (Lipinski definition) is 2. The topological polar surface area (TPSA) is 63.2 Å². The van der Waals surface area contributed by atoms with E-state index in [4.69, 9.17) is 4.74 Å². The minimum absolute atomic E-state index is 0.125. The van der Waals surface area contributed by atoms with E-state index in [9.17, 15) is 4.79 Å². The molecule has 27 heavy (non-hydrogen) atoms. The van der Waals surface area contributed by atoms with Crippen molar-refractivity contribution in [2.24, 2.45) is 0 Å². The summed E-state index contributed by atoms with van der Waals surface area (Å²) in [6.45, 7) is 3.97. The summed E-state index contributed by atoms with van der Waals surface area (Å²) < 4.78 is 5.62. The van der Waals surface area contributed by atoms with E-state index in [0.717, 1.165) is 17.1 Å². The van der Waals surface area contributed by atoms with Gasteiger partial charge < -0.3 is 15.4 Å². The Balaban J connectivity index is 1.61. The highest BCUT2D eigenvalue weighted by atomic mass is 16.5. The molecule has 0 unspecified atom stereocenters. The molecule has 1 amide bonds. The highest BCUT2D eigenvalue weighted by molar-refractivity contribution is 6.04. The zero-order chi connectivity index (χ0) is 19.1. The van der Waals surface area contributed by atoms with Gasteiger partial charge in [0.05, 0.1) is 17.4 Å². The van der Waals surface area contributed by atoms with Crippen LogP contribution in [0.3, 0.4) is 0 Å².